The molecule has 1 aromatic rings. The highest BCUT2D eigenvalue weighted by atomic mass is 32.2. The van der Waals surface area contributed by atoms with Crippen molar-refractivity contribution in [2.45, 2.75) is 70.5 Å². The van der Waals surface area contributed by atoms with E-state index in [0.29, 0.717) is 12.0 Å². The van der Waals surface area contributed by atoms with E-state index in [9.17, 15) is 4.79 Å². The lowest BCUT2D eigenvalue weighted by Gasteiger charge is -2.20. The van der Waals surface area contributed by atoms with Crippen molar-refractivity contribution >= 4 is 17.7 Å². The van der Waals surface area contributed by atoms with Gasteiger partial charge in [0.25, 0.3) is 0 Å². The van der Waals surface area contributed by atoms with Crippen LogP contribution in [0.4, 0.5) is 0 Å². The van der Waals surface area contributed by atoms with E-state index in [1.54, 1.807) is 0 Å². The summed E-state index contributed by atoms with van der Waals surface area (Å²) in [6.07, 6.45) is 6.67. The smallest absolute Gasteiger partial charge is 0.313 e. The van der Waals surface area contributed by atoms with Gasteiger partial charge < -0.3 is 9.67 Å². The molecule has 0 aliphatic heterocycles. The van der Waals surface area contributed by atoms with Gasteiger partial charge in [0.15, 0.2) is 5.16 Å². The van der Waals surface area contributed by atoms with Crippen LogP contribution in [0.5, 0.6) is 0 Å². The molecule has 0 saturated carbocycles. The van der Waals surface area contributed by atoms with Crippen molar-refractivity contribution in [3.63, 3.8) is 0 Å². The molecule has 114 valence electrons. The Bertz CT molecular complexity index is 430. The molecule has 0 fully saturated rings. The van der Waals surface area contributed by atoms with Crippen LogP contribution in [0.1, 0.15) is 71.0 Å². The molecule has 4 nitrogen and oxygen atoms in total. The maximum Gasteiger partial charge on any atom is 0.313 e. The molecular formula is C15H26N2O2S. The summed E-state index contributed by atoms with van der Waals surface area (Å²) in [5.41, 5.74) is 1.20. The van der Waals surface area contributed by atoms with Gasteiger partial charge in [-0.25, -0.2) is 4.98 Å². The van der Waals surface area contributed by atoms with Gasteiger partial charge in [-0.1, -0.05) is 51.8 Å². The van der Waals surface area contributed by atoms with E-state index >= 15 is 0 Å². The third kappa shape index (κ3) is 4.85. The Labute approximate surface area is 126 Å². The van der Waals surface area contributed by atoms with E-state index < -0.39 is 5.97 Å². The molecule has 1 heterocycles. The highest BCUT2D eigenvalue weighted by Crippen LogP contribution is 2.29. The zero-order valence-corrected chi connectivity index (χ0v) is 13.7. The van der Waals surface area contributed by atoms with Crippen LogP contribution >= 0.6 is 11.8 Å². The topological polar surface area (TPSA) is 55.1 Å². The van der Waals surface area contributed by atoms with Crippen molar-refractivity contribution in [1.82, 2.24) is 9.55 Å². The van der Waals surface area contributed by atoms with Gasteiger partial charge in [0.2, 0.25) is 0 Å². The molecule has 0 spiro atoms. The Morgan fingerprint density at radius 2 is 2.10 bits per heavy atom. The first-order valence-electron chi connectivity index (χ1n) is 7.39. The molecule has 1 unspecified atom stereocenters. The second kappa shape index (κ2) is 8.35. The third-order valence-corrected chi connectivity index (χ3v) is 4.33. The van der Waals surface area contributed by atoms with Gasteiger partial charge in [-0.3, -0.25) is 4.79 Å². The normalized spacial score (nSPS) is 12.8. The van der Waals surface area contributed by atoms with Gasteiger partial charge in [-0.05, 0) is 19.3 Å². The summed E-state index contributed by atoms with van der Waals surface area (Å²) in [4.78, 5) is 15.2. The monoisotopic (exact) mass is 298 g/mol. The minimum atomic E-state index is -0.797. The number of nitrogens with zero attached hydrogens (tertiary/aromatic N) is 2. The summed E-state index contributed by atoms with van der Waals surface area (Å²) in [6.45, 7) is 8.71. The van der Waals surface area contributed by atoms with Crippen LogP contribution < -0.4 is 0 Å². The van der Waals surface area contributed by atoms with Crippen LogP contribution in [-0.4, -0.2) is 26.4 Å². The maximum absolute atomic E-state index is 10.7. The molecule has 0 aromatic carbocycles. The standard InChI is InChI=1S/C15H26N2O2S/c1-5-6-7-8-12(4)17-13(11(2)3)9-16-15(17)20-10-14(18)19/h9,11-12H,5-8,10H2,1-4H3,(H,18,19). The lowest BCUT2D eigenvalue weighted by Crippen LogP contribution is -2.12. The fourth-order valence-electron chi connectivity index (χ4n) is 2.28. The molecule has 0 aliphatic carbocycles. The average Bonchev–Trinajstić information content (AvgIpc) is 2.80. The van der Waals surface area contributed by atoms with Crippen molar-refractivity contribution < 1.29 is 9.90 Å². The lowest BCUT2D eigenvalue weighted by atomic mass is 10.1. The maximum atomic E-state index is 10.7. The number of hydrogen-bond donors (Lipinski definition) is 1. The second-order valence-corrected chi connectivity index (χ2v) is 6.46. The Kier molecular flexibility index (Phi) is 7.13. The van der Waals surface area contributed by atoms with Crippen molar-refractivity contribution in [1.29, 1.82) is 0 Å². The van der Waals surface area contributed by atoms with Gasteiger partial charge in [-0.15, -0.1) is 0 Å². The fraction of sp³-hybridized carbons (Fsp3) is 0.733. The predicted molar refractivity (Wildman–Crippen MR) is 83.5 cm³/mol. The minimum Gasteiger partial charge on any atom is -0.481 e. The minimum absolute atomic E-state index is 0.0657. The molecule has 20 heavy (non-hydrogen) atoms. The van der Waals surface area contributed by atoms with E-state index in [4.69, 9.17) is 5.11 Å². The molecule has 0 aliphatic rings. The number of aromatic nitrogens is 2. The van der Waals surface area contributed by atoms with Crippen molar-refractivity contribution in [2.24, 2.45) is 0 Å². The Balaban J connectivity index is 2.87. The van der Waals surface area contributed by atoms with Gasteiger partial charge in [-0.2, -0.15) is 0 Å². The van der Waals surface area contributed by atoms with E-state index in [1.807, 2.05) is 6.20 Å². The number of carboxylic acids is 1. The zero-order valence-electron chi connectivity index (χ0n) is 12.9. The SMILES string of the molecule is CCCCCC(C)n1c(C(C)C)cnc1SCC(=O)O. The van der Waals surface area contributed by atoms with Gasteiger partial charge in [0.1, 0.15) is 0 Å². The summed E-state index contributed by atoms with van der Waals surface area (Å²) < 4.78 is 2.23. The third-order valence-electron chi connectivity index (χ3n) is 3.37. The average molecular weight is 298 g/mol. The fourth-order valence-corrected chi connectivity index (χ4v) is 3.08. The molecule has 0 amide bonds. The largest absolute Gasteiger partial charge is 0.481 e. The molecule has 1 N–H and O–H groups in total. The molecule has 0 radical (unpaired) electrons. The quantitative estimate of drug-likeness (QED) is 0.545. The van der Waals surface area contributed by atoms with E-state index in [1.165, 1.54) is 36.7 Å². The number of aliphatic carboxylic acids is 1. The molecular weight excluding hydrogens is 272 g/mol. The van der Waals surface area contributed by atoms with Crippen LogP contribution in [0.25, 0.3) is 0 Å². The molecule has 1 aromatic heterocycles. The number of carboxylic acid groups (broad SMARTS) is 1. The number of hydrogen-bond acceptors (Lipinski definition) is 3. The lowest BCUT2D eigenvalue weighted by molar-refractivity contribution is -0.133. The van der Waals surface area contributed by atoms with Gasteiger partial charge in [0, 0.05) is 17.9 Å². The first kappa shape index (κ1) is 17.1. The summed E-state index contributed by atoms with van der Waals surface area (Å²) in [6, 6.07) is 0.373. The molecule has 0 saturated heterocycles. The van der Waals surface area contributed by atoms with E-state index in [2.05, 4.69) is 37.2 Å². The first-order valence-corrected chi connectivity index (χ1v) is 8.37. The predicted octanol–water partition coefficient (Wildman–Crippen LogP) is 4.32. The first-order chi connectivity index (χ1) is 9.47. The Morgan fingerprint density at radius 3 is 2.65 bits per heavy atom. The van der Waals surface area contributed by atoms with Crippen molar-refractivity contribution in [2.75, 3.05) is 5.75 Å². The summed E-state index contributed by atoms with van der Waals surface area (Å²) in [5, 5.41) is 9.67. The highest BCUT2D eigenvalue weighted by Gasteiger charge is 2.18. The number of thioether (sulfide) groups is 1. The number of carbonyl (C=O) groups is 1. The van der Waals surface area contributed by atoms with Crippen molar-refractivity contribution in [3.05, 3.63) is 11.9 Å². The zero-order chi connectivity index (χ0) is 15.1. The summed E-state index contributed by atoms with van der Waals surface area (Å²) in [7, 11) is 0. The molecule has 5 heteroatoms. The van der Waals surface area contributed by atoms with Crippen molar-refractivity contribution in [3.8, 4) is 0 Å². The molecule has 1 rings (SSSR count). The van der Waals surface area contributed by atoms with Gasteiger partial charge in [0.05, 0.1) is 5.75 Å². The number of rotatable bonds is 9. The molecule has 1 atom stereocenters. The van der Waals surface area contributed by atoms with E-state index in [-0.39, 0.29) is 5.75 Å². The number of imidazole rings is 1. The Morgan fingerprint density at radius 1 is 1.40 bits per heavy atom. The van der Waals surface area contributed by atoms with Crippen LogP contribution in [0.3, 0.4) is 0 Å². The Hall–Kier alpha value is -0.970. The highest BCUT2D eigenvalue weighted by molar-refractivity contribution is 7.99. The van der Waals surface area contributed by atoms with Crippen LogP contribution in [-0.2, 0) is 4.79 Å². The van der Waals surface area contributed by atoms with Gasteiger partial charge >= 0.3 is 5.97 Å². The van der Waals surface area contributed by atoms with Crippen LogP contribution in [0.2, 0.25) is 0 Å². The van der Waals surface area contributed by atoms with E-state index in [0.717, 1.165) is 11.6 Å². The second-order valence-electron chi connectivity index (χ2n) is 5.52. The summed E-state index contributed by atoms with van der Waals surface area (Å²) >= 11 is 1.31. The summed E-state index contributed by atoms with van der Waals surface area (Å²) in [5.74, 6) is -0.333. The molecule has 0 bridgehead atoms. The number of unbranched alkanes of at least 4 members (excludes halogenated alkanes) is 2. The van der Waals surface area contributed by atoms with Crippen LogP contribution in [0, 0.1) is 0 Å². The van der Waals surface area contributed by atoms with Crippen LogP contribution in [0.15, 0.2) is 11.4 Å².